The van der Waals surface area contributed by atoms with Gasteiger partial charge in [-0.1, -0.05) is 68.4 Å². The summed E-state index contributed by atoms with van der Waals surface area (Å²) in [5.74, 6) is 1.36. The van der Waals surface area contributed by atoms with Crippen LogP contribution in [0.2, 0.25) is 0 Å². The fraction of sp³-hybridized carbons (Fsp3) is 0.176. The van der Waals surface area contributed by atoms with Gasteiger partial charge in [-0.25, -0.2) is 4.98 Å². The standard InChI is InChI=1S/C17H16N2S/c1-12(2)13-8-10-14(11-9-13)16-18-17(20-19-16)15-6-4-3-5-7-15/h3-12H,1-2H3. The smallest absolute Gasteiger partial charge is 0.173 e. The van der Waals surface area contributed by atoms with Crippen molar-refractivity contribution in [1.29, 1.82) is 0 Å². The van der Waals surface area contributed by atoms with Gasteiger partial charge in [0.15, 0.2) is 5.82 Å². The van der Waals surface area contributed by atoms with E-state index >= 15 is 0 Å². The van der Waals surface area contributed by atoms with Gasteiger partial charge in [-0.15, -0.1) is 0 Å². The molecular weight excluding hydrogens is 264 g/mol. The Morgan fingerprint density at radius 3 is 2.20 bits per heavy atom. The summed E-state index contributed by atoms with van der Waals surface area (Å²) >= 11 is 1.45. The molecule has 0 atom stereocenters. The third kappa shape index (κ3) is 2.63. The molecule has 1 heterocycles. The molecule has 2 nitrogen and oxygen atoms in total. The van der Waals surface area contributed by atoms with Crippen LogP contribution in [0.1, 0.15) is 25.3 Å². The minimum Gasteiger partial charge on any atom is -0.215 e. The number of benzene rings is 2. The monoisotopic (exact) mass is 280 g/mol. The van der Waals surface area contributed by atoms with Crippen molar-refractivity contribution in [1.82, 2.24) is 9.36 Å². The summed E-state index contributed by atoms with van der Waals surface area (Å²) in [7, 11) is 0. The first-order valence-corrected chi connectivity index (χ1v) is 7.51. The average molecular weight is 280 g/mol. The number of hydrogen-bond donors (Lipinski definition) is 0. The molecule has 0 spiro atoms. The predicted octanol–water partition coefficient (Wildman–Crippen LogP) is 5.00. The molecule has 0 fully saturated rings. The lowest BCUT2D eigenvalue weighted by Gasteiger charge is -2.04. The van der Waals surface area contributed by atoms with Crippen molar-refractivity contribution >= 4 is 11.5 Å². The molecule has 0 aliphatic heterocycles. The Morgan fingerprint density at radius 1 is 0.850 bits per heavy atom. The molecule has 0 amide bonds. The average Bonchev–Trinajstić information content (AvgIpc) is 2.98. The third-order valence-electron chi connectivity index (χ3n) is 3.28. The van der Waals surface area contributed by atoms with Crippen LogP contribution in [0, 0.1) is 0 Å². The van der Waals surface area contributed by atoms with E-state index in [9.17, 15) is 0 Å². The summed E-state index contributed by atoms with van der Waals surface area (Å²) in [5, 5.41) is 0.966. The molecule has 20 heavy (non-hydrogen) atoms. The molecule has 0 aliphatic carbocycles. The van der Waals surface area contributed by atoms with Crippen molar-refractivity contribution in [2.24, 2.45) is 0 Å². The Bertz CT molecular complexity index is 685. The third-order valence-corrected chi connectivity index (χ3v) is 4.05. The fourth-order valence-electron chi connectivity index (χ4n) is 2.06. The largest absolute Gasteiger partial charge is 0.215 e. The zero-order chi connectivity index (χ0) is 13.9. The van der Waals surface area contributed by atoms with Crippen molar-refractivity contribution in [3.8, 4) is 22.0 Å². The summed E-state index contributed by atoms with van der Waals surface area (Å²) in [6, 6.07) is 18.7. The van der Waals surface area contributed by atoms with Gasteiger partial charge in [0.25, 0.3) is 0 Å². The molecule has 100 valence electrons. The van der Waals surface area contributed by atoms with Crippen molar-refractivity contribution in [2.45, 2.75) is 19.8 Å². The van der Waals surface area contributed by atoms with Crippen LogP contribution in [0.15, 0.2) is 54.6 Å². The highest BCUT2D eigenvalue weighted by Crippen LogP contribution is 2.26. The van der Waals surface area contributed by atoms with Crippen LogP contribution in [0.25, 0.3) is 22.0 Å². The summed E-state index contributed by atoms with van der Waals surface area (Å²) in [4.78, 5) is 4.63. The lowest BCUT2D eigenvalue weighted by atomic mass is 10.0. The zero-order valence-corrected chi connectivity index (χ0v) is 12.4. The van der Waals surface area contributed by atoms with Gasteiger partial charge in [0.2, 0.25) is 0 Å². The maximum absolute atomic E-state index is 4.63. The molecule has 3 aromatic rings. The highest BCUT2D eigenvalue weighted by Gasteiger charge is 2.08. The predicted molar refractivity (Wildman–Crippen MR) is 84.9 cm³/mol. The van der Waals surface area contributed by atoms with Crippen molar-refractivity contribution < 1.29 is 0 Å². The van der Waals surface area contributed by atoms with Gasteiger partial charge >= 0.3 is 0 Å². The summed E-state index contributed by atoms with van der Waals surface area (Å²) < 4.78 is 4.47. The molecule has 0 radical (unpaired) electrons. The van der Waals surface area contributed by atoms with Gasteiger partial charge in [0, 0.05) is 11.1 Å². The van der Waals surface area contributed by atoms with Crippen LogP contribution in [0.5, 0.6) is 0 Å². The molecule has 1 aromatic heterocycles. The Kier molecular flexibility index (Phi) is 3.61. The van der Waals surface area contributed by atoms with Crippen molar-refractivity contribution in [2.75, 3.05) is 0 Å². The first-order valence-electron chi connectivity index (χ1n) is 6.73. The molecule has 2 aromatic carbocycles. The Morgan fingerprint density at radius 2 is 1.55 bits per heavy atom. The van der Waals surface area contributed by atoms with Gasteiger partial charge in [0.05, 0.1) is 0 Å². The molecule has 0 saturated heterocycles. The molecule has 0 N–H and O–H groups in total. The van der Waals surface area contributed by atoms with Gasteiger partial charge in [0.1, 0.15) is 5.01 Å². The van der Waals surface area contributed by atoms with Crippen LogP contribution in [-0.2, 0) is 0 Å². The van der Waals surface area contributed by atoms with Crippen LogP contribution in [0.3, 0.4) is 0 Å². The maximum Gasteiger partial charge on any atom is 0.173 e. The van der Waals surface area contributed by atoms with Crippen LogP contribution in [0.4, 0.5) is 0 Å². The SMILES string of the molecule is CC(C)c1ccc(-c2nsc(-c3ccccc3)n2)cc1. The normalized spacial score (nSPS) is 10.9. The van der Waals surface area contributed by atoms with Crippen molar-refractivity contribution in [3.63, 3.8) is 0 Å². The van der Waals surface area contributed by atoms with Gasteiger partial charge in [-0.2, -0.15) is 4.37 Å². The van der Waals surface area contributed by atoms with Gasteiger partial charge in [-0.3, -0.25) is 0 Å². The first kappa shape index (κ1) is 13.0. The van der Waals surface area contributed by atoms with Crippen LogP contribution >= 0.6 is 11.5 Å². The Hall–Kier alpha value is -2.00. The Balaban J connectivity index is 1.90. The van der Waals surface area contributed by atoms with Crippen LogP contribution in [-0.4, -0.2) is 9.36 Å². The molecule has 0 unspecified atom stereocenters. The van der Waals surface area contributed by atoms with Gasteiger partial charge in [-0.05, 0) is 23.0 Å². The fourth-order valence-corrected chi connectivity index (χ4v) is 2.74. The Labute approximate surface area is 123 Å². The maximum atomic E-state index is 4.63. The second-order valence-electron chi connectivity index (χ2n) is 5.07. The van der Waals surface area contributed by atoms with Crippen molar-refractivity contribution in [3.05, 3.63) is 60.2 Å². The number of hydrogen-bond acceptors (Lipinski definition) is 3. The second-order valence-corrected chi connectivity index (χ2v) is 5.82. The lowest BCUT2D eigenvalue weighted by Crippen LogP contribution is -1.87. The van der Waals surface area contributed by atoms with Gasteiger partial charge < -0.3 is 0 Å². The molecule has 0 aliphatic rings. The first-order chi connectivity index (χ1) is 9.74. The molecule has 0 saturated carbocycles. The molecule has 3 heteroatoms. The molecule has 3 rings (SSSR count). The zero-order valence-electron chi connectivity index (χ0n) is 11.6. The van der Waals surface area contributed by atoms with E-state index in [0.717, 1.165) is 22.0 Å². The molecule has 0 bridgehead atoms. The minimum absolute atomic E-state index is 0.548. The highest BCUT2D eigenvalue weighted by atomic mass is 32.1. The number of nitrogens with zero attached hydrogens (tertiary/aromatic N) is 2. The van der Waals surface area contributed by atoms with E-state index in [1.54, 1.807) is 0 Å². The second kappa shape index (κ2) is 5.55. The number of rotatable bonds is 3. The summed E-state index contributed by atoms with van der Waals surface area (Å²) in [5.41, 5.74) is 3.54. The van der Waals surface area contributed by atoms with E-state index in [4.69, 9.17) is 0 Å². The van der Waals surface area contributed by atoms with E-state index in [2.05, 4.69) is 59.6 Å². The lowest BCUT2D eigenvalue weighted by molar-refractivity contribution is 0.867. The van der Waals surface area contributed by atoms with E-state index in [-0.39, 0.29) is 0 Å². The number of aromatic nitrogens is 2. The van der Waals surface area contributed by atoms with E-state index in [1.807, 2.05) is 18.2 Å². The topological polar surface area (TPSA) is 25.8 Å². The highest BCUT2D eigenvalue weighted by molar-refractivity contribution is 7.09. The van der Waals surface area contributed by atoms with Crippen LogP contribution < -0.4 is 0 Å². The molecular formula is C17H16N2S. The minimum atomic E-state index is 0.548. The van der Waals surface area contributed by atoms with E-state index < -0.39 is 0 Å². The summed E-state index contributed by atoms with van der Waals surface area (Å²) in [6.07, 6.45) is 0. The summed E-state index contributed by atoms with van der Waals surface area (Å²) in [6.45, 7) is 4.40. The quantitative estimate of drug-likeness (QED) is 0.675. The van der Waals surface area contributed by atoms with E-state index in [0.29, 0.717) is 5.92 Å². The van der Waals surface area contributed by atoms with E-state index in [1.165, 1.54) is 17.1 Å².